The number of amides is 1. The van der Waals surface area contributed by atoms with Crippen LogP contribution in [0.15, 0.2) is 24.5 Å². The lowest BCUT2D eigenvalue weighted by atomic mass is 10.3. The lowest BCUT2D eigenvalue weighted by Crippen LogP contribution is -2.41. The summed E-state index contributed by atoms with van der Waals surface area (Å²) in [5.41, 5.74) is 3.06. The van der Waals surface area contributed by atoms with Crippen LogP contribution in [0.5, 0.6) is 0 Å². The van der Waals surface area contributed by atoms with E-state index in [1.165, 1.54) is 0 Å². The Hall–Kier alpha value is -1.45. The summed E-state index contributed by atoms with van der Waals surface area (Å²) in [5.74, 6) is 0.0706. The zero-order valence-corrected chi connectivity index (χ0v) is 8.23. The minimum Gasteiger partial charge on any atom is -0.352 e. The van der Waals surface area contributed by atoms with Gasteiger partial charge in [0.25, 0.3) is 0 Å². The molecule has 0 aromatic carbocycles. The van der Waals surface area contributed by atoms with Crippen molar-refractivity contribution in [2.75, 3.05) is 5.43 Å². The first-order valence-electron chi connectivity index (χ1n) is 4.95. The summed E-state index contributed by atoms with van der Waals surface area (Å²) in [7, 11) is 0. The number of carbonyl (C=O) groups is 1. The molecule has 1 aliphatic rings. The van der Waals surface area contributed by atoms with Crippen molar-refractivity contribution >= 4 is 5.91 Å². The molecule has 1 heterocycles. The van der Waals surface area contributed by atoms with Gasteiger partial charge in [0.05, 0.1) is 0 Å². The first kappa shape index (κ1) is 9.12. The van der Waals surface area contributed by atoms with Crippen molar-refractivity contribution in [2.45, 2.75) is 31.8 Å². The summed E-state index contributed by atoms with van der Waals surface area (Å²) in [6.45, 7) is 1.86. The fraction of sp³-hybridized carbons (Fsp3) is 0.500. The number of nitrogens with zero attached hydrogens (tertiary/aromatic N) is 1. The van der Waals surface area contributed by atoms with E-state index in [9.17, 15) is 4.79 Å². The van der Waals surface area contributed by atoms with Crippen molar-refractivity contribution in [3.8, 4) is 0 Å². The zero-order chi connectivity index (χ0) is 9.97. The van der Waals surface area contributed by atoms with Crippen LogP contribution in [0.25, 0.3) is 0 Å². The van der Waals surface area contributed by atoms with E-state index >= 15 is 0 Å². The molecule has 76 valence electrons. The lowest BCUT2D eigenvalue weighted by Gasteiger charge is -2.15. The van der Waals surface area contributed by atoms with Gasteiger partial charge in [0.15, 0.2) is 0 Å². The van der Waals surface area contributed by atoms with Gasteiger partial charge in [-0.2, -0.15) is 0 Å². The second-order valence-corrected chi connectivity index (χ2v) is 3.72. The molecule has 0 radical (unpaired) electrons. The second-order valence-electron chi connectivity index (χ2n) is 3.72. The number of rotatable bonds is 4. The number of carbonyl (C=O) groups excluding carboxylic acids is 1. The van der Waals surface area contributed by atoms with E-state index in [1.54, 1.807) is 4.68 Å². The summed E-state index contributed by atoms with van der Waals surface area (Å²) in [4.78, 5) is 11.5. The van der Waals surface area contributed by atoms with Gasteiger partial charge in [-0.25, -0.2) is 0 Å². The predicted molar refractivity (Wildman–Crippen MR) is 54.4 cm³/mol. The molecule has 0 bridgehead atoms. The molecule has 4 heteroatoms. The third-order valence-electron chi connectivity index (χ3n) is 2.26. The van der Waals surface area contributed by atoms with Crippen LogP contribution in [-0.4, -0.2) is 22.7 Å². The van der Waals surface area contributed by atoms with Gasteiger partial charge in [-0.15, -0.1) is 0 Å². The molecule has 0 spiro atoms. The molecule has 0 saturated heterocycles. The molecule has 2 rings (SSSR count). The molecule has 2 N–H and O–H groups in total. The van der Waals surface area contributed by atoms with Crippen molar-refractivity contribution in [2.24, 2.45) is 0 Å². The van der Waals surface area contributed by atoms with Crippen LogP contribution in [0.4, 0.5) is 0 Å². The summed E-state index contributed by atoms with van der Waals surface area (Å²) in [6.07, 6.45) is 6.01. The Labute approximate surface area is 83.3 Å². The van der Waals surface area contributed by atoms with Crippen LogP contribution < -0.4 is 10.7 Å². The minimum absolute atomic E-state index is 0.0706. The maximum absolute atomic E-state index is 11.5. The molecule has 14 heavy (non-hydrogen) atoms. The van der Waals surface area contributed by atoms with Crippen molar-refractivity contribution in [3.63, 3.8) is 0 Å². The standard InChI is InChI=1S/C10H15N3O/c1-8(10(14)11-9-4-5-9)12-13-6-2-3-7-13/h2-3,6-9,12H,4-5H2,1H3,(H,11,14). The van der Waals surface area contributed by atoms with E-state index in [-0.39, 0.29) is 11.9 Å². The first-order valence-corrected chi connectivity index (χ1v) is 4.95. The quantitative estimate of drug-likeness (QED) is 0.739. The predicted octanol–water partition coefficient (Wildman–Crippen LogP) is 0.699. The maximum atomic E-state index is 11.5. The number of aromatic nitrogens is 1. The highest BCUT2D eigenvalue weighted by Crippen LogP contribution is 2.18. The van der Waals surface area contributed by atoms with Gasteiger partial charge in [0.1, 0.15) is 6.04 Å². The van der Waals surface area contributed by atoms with Crippen LogP contribution >= 0.6 is 0 Å². The van der Waals surface area contributed by atoms with Crippen LogP contribution in [0, 0.1) is 0 Å². The molecule has 1 saturated carbocycles. The summed E-state index contributed by atoms with van der Waals surface area (Å²) >= 11 is 0. The van der Waals surface area contributed by atoms with E-state index in [0.29, 0.717) is 6.04 Å². The molecule has 1 amide bonds. The molecule has 1 atom stereocenters. The van der Waals surface area contributed by atoms with Crippen molar-refractivity contribution < 1.29 is 4.79 Å². The molecular formula is C10H15N3O. The average molecular weight is 193 g/mol. The monoisotopic (exact) mass is 193 g/mol. The van der Waals surface area contributed by atoms with Gasteiger partial charge in [0, 0.05) is 18.4 Å². The van der Waals surface area contributed by atoms with E-state index in [1.807, 2.05) is 31.5 Å². The second kappa shape index (κ2) is 3.74. The third kappa shape index (κ3) is 2.28. The topological polar surface area (TPSA) is 46.1 Å². The van der Waals surface area contributed by atoms with Gasteiger partial charge >= 0.3 is 0 Å². The SMILES string of the molecule is CC(Nn1cccc1)C(=O)NC1CC1. The number of hydrogen-bond donors (Lipinski definition) is 2. The molecule has 1 unspecified atom stereocenters. The van der Waals surface area contributed by atoms with Crippen LogP contribution in [0.3, 0.4) is 0 Å². The zero-order valence-electron chi connectivity index (χ0n) is 8.23. The highest BCUT2D eigenvalue weighted by Gasteiger charge is 2.25. The molecule has 1 fully saturated rings. The Morgan fingerprint density at radius 1 is 1.43 bits per heavy atom. The minimum atomic E-state index is -0.192. The fourth-order valence-corrected chi connectivity index (χ4v) is 1.26. The third-order valence-corrected chi connectivity index (χ3v) is 2.26. The van der Waals surface area contributed by atoms with E-state index in [0.717, 1.165) is 12.8 Å². The van der Waals surface area contributed by atoms with Gasteiger partial charge in [-0.05, 0) is 31.9 Å². The Morgan fingerprint density at radius 2 is 2.07 bits per heavy atom. The van der Waals surface area contributed by atoms with Crippen LogP contribution in [0.1, 0.15) is 19.8 Å². The van der Waals surface area contributed by atoms with Gasteiger partial charge in [-0.3, -0.25) is 9.47 Å². The van der Waals surface area contributed by atoms with Gasteiger partial charge < -0.3 is 10.7 Å². The van der Waals surface area contributed by atoms with Gasteiger partial charge in [0.2, 0.25) is 5.91 Å². The highest BCUT2D eigenvalue weighted by atomic mass is 16.2. The first-order chi connectivity index (χ1) is 6.75. The Bertz CT molecular complexity index is 303. The lowest BCUT2D eigenvalue weighted by molar-refractivity contribution is -0.121. The average Bonchev–Trinajstić information content (AvgIpc) is 2.81. The van der Waals surface area contributed by atoms with Crippen LogP contribution in [0.2, 0.25) is 0 Å². The molecular weight excluding hydrogens is 178 g/mol. The summed E-state index contributed by atoms with van der Waals surface area (Å²) in [5, 5.41) is 2.95. The van der Waals surface area contributed by atoms with Crippen molar-refractivity contribution in [1.29, 1.82) is 0 Å². The maximum Gasteiger partial charge on any atom is 0.244 e. The van der Waals surface area contributed by atoms with E-state index in [4.69, 9.17) is 0 Å². The number of hydrogen-bond acceptors (Lipinski definition) is 2. The summed E-state index contributed by atoms with van der Waals surface area (Å²) < 4.78 is 1.79. The van der Waals surface area contributed by atoms with E-state index in [2.05, 4.69) is 10.7 Å². The Balaban J connectivity index is 1.81. The Morgan fingerprint density at radius 3 is 2.64 bits per heavy atom. The van der Waals surface area contributed by atoms with Crippen LogP contribution in [-0.2, 0) is 4.79 Å². The number of nitrogens with one attached hydrogen (secondary N) is 2. The fourth-order valence-electron chi connectivity index (χ4n) is 1.26. The molecule has 1 aliphatic carbocycles. The molecule has 4 nitrogen and oxygen atoms in total. The molecule has 1 aromatic rings. The van der Waals surface area contributed by atoms with Crippen molar-refractivity contribution in [1.82, 2.24) is 9.99 Å². The summed E-state index contributed by atoms with van der Waals surface area (Å²) in [6, 6.07) is 4.07. The molecule has 0 aliphatic heterocycles. The highest BCUT2D eigenvalue weighted by molar-refractivity contribution is 5.83. The van der Waals surface area contributed by atoms with Crippen molar-refractivity contribution in [3.05, 3.63) is 24.5 Å². The van der Waals surface area contributed by atoms with E-state index < -0.39 is 0 Å². The normalized spacial score (nSPS) is 17.5. The largest absolute Gasteiger partial charge is 0.352 e. The van der Waals surface area contributed by atoms with Gasteiger partial charge in [-0.1, -0.05) is 0 Å². The molecule has 1 aromatic heterocycles. The Kier molecular flexibility index (Phi) is 2.43. The smallest absolute Gasteiger partial charge is 0.244 e.